The molecule has 3 aromatic rings. The van der Waals surface area contributed by atoms with E-state index in [0.717, 1.165) is 39.0 Å². The molecule has 4 nitrogen and oxygen atoms in total. The second-order valence-electron chi connectivity index (χ2n) is 9.32. The van der Waals surface area contributed by atoms with Gasteiger partial charge in [-0.1, -0.05) is 94.8 Å². The van der Waals surface area contributed by atoms with Crippen LogP contribution in [0.1, 0.15) is 48.3 Å². The smallest absolute Gasteiger partial charge is 0.336 e. The summed E-state index contributed by atoms with van der Waals surface area (Å²) in [5.41, 5.74) is 5.98. The maximum absolute atomic E-state index is 13.7. The van der Waals surface area contributed by atoms with Gasteiger partial charge in [-0.25, -0.2) is 4.79 Å². The van der Waals surface area contributed by atoms with E-state index in [1.165, 1.54) is 0 Å². The van der Waals surface area contributed by atoms with Crippen LogP contribution in [-0.4, -0.2) is 18.4 Å². The number of carbonyl (C=O) groups is 2. The number of carbonyl (C=O) groups excluding carboxylic acids is 2. The molecule has 0 spiro atoms. The van der Waals surface area contributed by atoms with Crippen molar-refractivity contribution in [1.29, 1.82) is 0 Å². The molecule has 1 heterocycles. The van der Waals surface area contributed by atoms with E-state index in [9.17, 15) is 9.59 Å². The first-order valence-electron chi connectivity index (χ1n) is 12.3. The maximum atomic E-state index is 13.7. The molecule has 0 amide bonds. The number of hydrogen-bond donors (Lipinski definition) is 1. The summed E-state index contributed by atoms with van der Waals surface area (Å²) in [6.45, 7) is 2.18. The highest BCUT2D eigenvalue weighted by molar-refractivity contribution is 9.10. The molecule has 0 fully saturated rings. The van der Waals surface area contributed by atoms with Crippen molar-refractivity contribution in [2.75, 3.05) is 6.61 Å². The van der Waals surface area contributed by atoms with Gasteiger partial charge in [-0.2, -0.15) is 0 Å². The minimum Gasteiger partial charge on any atom is -0.462 e. The van der Waals surface area contributed by atoms with E-state index >= 15 is 0 Å². The number of dihydropyridines is 1. The number of rotatable bonds is 6. The number of esters is 1. The quantitative estimate of drug-likeness (QED) is 0.357. The van der Waals surface area contributed by atoms with Crippen LogP contribution in [0.4, 0.5) is 0 Å². The molecule has 182 valence electrons. The lowest BCUT2D eigenvalue weighted by atomic mass is 9.72. The van der Waals surface area contributed by atoms with E-state index in [4.69, 9.17) is 4.74 Å². The molecule has 0 unspecified atom stereocenters. The van der Waals surface area contributed by atoms with Crippen molar-refractivity contribution in [2.45, 2.75) is 38.0 Å². The minimum atomic E-state index is -0.481. The van der Waals surface area contributed by atoms with Crippen molar-refractivity contribution in [3.05, 3.63) is 129 Å². The first kappa shape index (κ1) is 24.3. The summed E-state index contributed by atoms with van der Waals surface area (Å²) in [6, 6.07) is 27.9. The third-order valence-corrected chi connectivity index (χ3v) is 7.72. The van der Waals surface area contributed by atoms with Crippen molar-refractivity contribution in [3.8, 4) is 0 Å². The molecule has 36 heavy (non-hydrogen) atoms. The van der Waals surface area contributed by atoms with Crippen molar-refractivity contribution in [3.63, 3.8) is 0 Å². The molecular formula is C31H28BrNO3. The highest BCUT2D eigenvalue weighted by Crippen LogP contribution is 2.47. The molecule has 3 aromatic carbocycles. The largest absolute Gasteiger partial charge is 0.462 e. The fourth-order valence-corrected chi connectivity index (χ4v) is 5.79. The van der Waals surface area contributed by atoms with E-state index in [0.29, 0.717) is 24.0 Å². The van der Waals surface area contributed by atoms with Gasteiger partial charge in [-0.15, -0.1) is 0 Å². The van der Waals surface area contributed by atoms with Gasteiger partial charge in [0.1, 0.15) is 0 Å². The second-order valence-corrected chi connectivity index (χ2v) is 10.2. The predicted molar refractivity (Wildman–Crippen MR) is 144 cm³/mol. The lowest BCUT2D eigenvalue weighted by molar-refractivity contribution is -0.139. The summed E-state index contributed by atoms with van der Waals surface area (Å²) in [5.74, 6) is -0.691. The Morgan fingerprint density at radius 1 is 0.944 bits per heavy atom. The van der Waals surface area contributed by atoms with Crippen LogP contribution in [0.25, 0.3) is 0 Å². The third-order valence-electron chi connectivity index (χ3n) is 7.00. The lowest BCUT2D eigenvalue weighted by Gasteiger charge is -2.37. The van der Waals surface area contributed by atoms with Crippen molar-refractivity contribution < 1.29 is 14.3 Å². The number of hydrogen-bond acceptors (Lipinski definition) is 4. The Morgan fingerprint density at radius 3 is 2.33 bits per heavy atom. The highest BCUT2D eigenvalue weighted by atomic mass is 79.9. The number of allylic oxidation sites excluding steroid dienone is 3. The van der Waals surface area contributed by atoms with Gasteiger partial charge in [0.2, 0.25) is 0 Å². The summed E-state index contributed by atoms with van der Waals surface area (Å²) in [4.78, 5) is 27.2. The van der Waals surface area contributed by atoms with Gasteiger partial charge in [0.25, 0.3) is 0 Å². The topological polar surface area (TPSA) is 55.4 Å². The van der Waals surface area contributed by atoms with Crippen LogP contribution in [0.3, 0.4) is 0 Å². The van der Waals surface area contributed by atoms with Gasteiger partial charge in [0.05, 0.1) is 12.2 Å². The van der Waals surface area contributed by atoms with Gasteiger partial charge in [-0.3, -0.25) is 4.79 Å². The fraction of sp³-hybridized carbons (Fsp3) is 0.226. The molecule has 5 heteroatoms. The van der Waals surface area contributed by atoms with E-state index in [2.05, 4.69) is 33.4 Å². The molecule has 1 aliphatic heterocycles. The van der Waals surface area contributed by atoms with Gasteiger partial charge < -0.3 is 10.1 Å². The minimum absolute atomic E-state index is 0.0699. The third kappa shape index (κ3) is 4.93. The lowest BCUT2D eigenvalue weighted by Crippen LogP contribution is -2.36. The SMILES string of the molecule is CC1=C(C(=O)OCCc2ccccc2)[C@@H](c2ccccc2Br)C2=C(C[C@@H](c3ccccc3)CC2=O)N1. The number of nitrogens with one attached hydrogen (secondary N) is 1. The zero-order valence-electron chi connectivity index (χ0n) is 20.2. The van der Waals surface area contributed by atoms with Gasteiger partial charge in [0, 0.05) is 40.2 Å². The molecular weight excluding hydrogens is 514 g/mol. The van der Waals surface area contributed by atoms with E-state index in [-0.39, 0.29) is 24.3 Å². The highest BCUT2D eigenvalue weighted by Gasteiger charge is 2.42. The first-order valence-corrected chi connectivity index (χ1v) is 13.1. The predicted octanol–water partition coefficient (Wildman–Crippen LogP) is 6.60. The molecule has 5 rings (SSSR count). The molecule has 0 saturated carbocycles. The summed E-state index contributed by atoms with van der Waals surface area (Å²) in [6.07, 6.45) is 1.78. The number of halogens is 1. The van der Waals surface area contributed by atoms with Crippen LogP contribution < -0.4 is 5.32 Å². The number of Topliss-reactive ketones (excluding diaryl/α,β-unsaturated/α-hetero) is 1. The van der Waals surface area contributed by atoms with Crippen LogP contribution in [0.5, 0.6) is 0 Å². The second kappa shape index (κ2) is 10.7. The van der Waals surface area contributed by atoms with Gasteiger partial charge in [0.15, 0.2) is 5.78 Å². The molecule has 2 aliphatic rings. The van der Waals surface area contributed by atoms with Gasteiger partial charge >= 0.3 is 5.97 Å². The van der Waals surface area contributed by atoms with Crippen molar-refractivity contribution in [2.24, 2.45) is 0 Å². The van der Waals surface area contributed by atoms with Crippen LogP contribution >= 0.6 is 15.9 Å². The summed E-state index contributed by atoms with van der Waals surface area (Å²) in [7, 11) is 0. The van der Waals surface area contributed by atoms with Crippen LogP contribution in [0.2, 0.25) is 0 Å². The molecule has 0 aromatic heterocycles. The average Bonchev–Trinajstić information content (AvgIpc) is 2.89. The van der Waals surface area contributed by atoms with Crippen molar-refractivity contribution in [1.82, 2.24) is 5.32 Å². The Hall–Kier alpha value is -3.44. The maximum Gasteiger partial charge on any atom is 0.336 e. The van der Waals surface area contributed by atoms with Gasteiger partial charge in [-0.05, 0) is 42.0 Å². The molecule has 1 aliphatic carbocycles. The molecule has 2 atom stereocenters. The monoisotopic (exact) mass is 541 g/mol. The summed E-state index contributed by atoms with van der Waals surface area (Å²) in [5, 5.41) is 3.43. The Morgan fingerprint density at radius 2 is 1.61 bits per heavy atom. The normalized spacial score (nSPS) is 19.6. The summed E-state index contributed by atoms with van der Waals surface area (Å²) >= 11 is 3.67. The van der Waals surface area contributed by atoms with E-state index < -0.39 is 5.92 Å². The number of benzene rings is 3. The first-order chi connectivity index (χ1) is 17.5. The zero-order valence-corrected chi connectivity index (χ0v) is 21.8. The Labute approximate surface area is 220 Å². The van der Waals surface area contributed by atoms with Crippen LogP contribution in [0.15, 0.2) is 112 Å². The average molecular weight is 542 g/mol. The molecule has 0 radical (unpaired) electrons. The van der Waals surface area contributed by atoms with E-state index in [1.54, 1.807) is 0 Å². The van der Waals surface area contributed by atoms with Crippen LogP contribution in [0, 0.1) is 0 Å². The molecule has 1 N–H and O–H groups in total. The fourth-order valence-electron chi connectivity index (χ4n) is 5.27. The zero-order chi connectivity index (χ0) is 25.1. The standard InChI is InChI=1S/C31H28BrNO3/c1-20-28(31(35)36-17-16-21-10-4-2-5-11-21)29(24-14-8-9-15-25(24)32)30-26(33-20)18-23(19-27(30)34)22-12-6-3-7-13-22/h2-15,23,29,33H,16-19H2,1H3/t23-,29-/m1/s1. The Kier molecular flexibility index (Phi) is 7.19. The Balaban J connectivity index is 1.47. The Bertz CT molecular complexity index is 1340. The van der Waals surface area contributed by atoms with E-state index in [1.807, 2.05) is 79.7 Å². The number of ketones is 1. The summed E-state index contributed by atoms with van der Waals surface area (Å²) < 4.78 is 6.63. The van der Waals surface area contributed by atoms with Crippen molar-refractivity contribution >= 4 is 27.7 Å². The molecule has 0 saturated heterocycles. The molecule has 0 bridgehead atoms. The number of ether oxygens (including phenoxy) is 1. The van der Waals surface area contributed by atoms with Crippen LogP contribution in [-0.2, 0) is 20.7 Å².